The van der Waals surface area contributed by atoms with E-state index in [-0.39, 0.29) is 16.7 Å². The van der Waals surface area contributed by atoms with Gasteiger partial charge in [0.2, 0.25) is 5.91 Å². The molecule has 1 N–H and O–H groups in total. The number of carbonyl (C=O) groups excluding carboxylic acids is 1. The fourth-order valence-corrected chi connectivity index (χ4v) is 3.64. The molecular weight excluding hydrogens is 372 g/mol. The summed E-state index contributed by atoms with van der Waals surface area (Å²) >= 11 is 1.30. The third-order valence-electron chi connectivity index (χ3n) is 4.23. The maximum absolute atomic E-state index is 13.1. The Labute approximate surface area is 168 Å². The Morgan fingerprint density at radius 1 is 1.18 bits per heavy atom. The molecule has 0 aliphatic carbocycles. The first-order valence-electron chi connectivity index (χ1n) is 9.28. The van der Waals surface area contributed by atoms with Crippen molar-refractivity contribution in [1.82, 2.24) is 19.9 Å². The van der Waals surface area contributed by atoms with Crippen molar-refractivity contribution in [3.8, 4) is 0 Å². The monoisotopic (exact) mass is 396 g/mol. The highest BCUT2D eigenvalue weighted by Crippen LogP contribution is 2.23. The molecule has 0 saturated heterocycles. The van der Waals surface area contributed by atoms with Crippen LogP contribution in [0.2, 0.25) is 0 Å². The van der Waals surface area contributed by atoms with Crippen molar-refractivity contribution < 1.29 is 4.79 Å². The van der Waals surface area contributed by atoms with E-state index < -0.39 is 0 Å². The first-order valence-corrected chi connectivity index (χ1v) is 10.2. The number of benzene rings is 1. The third kappa shape index (κ3) is 4.78. The van der Waals surface area contributed by atoms with Gasteiger partial charge in [0, 0.05) is 18.9 Å². The molecule has 1 atom stereocenters. The summed E-state index contributed by atoms with van der Waals surface area (Å²) in [6.45, 7) is 6.91. The van der Waals surface area contributed by atoms with Gasteiger partial charge in [-0.2, -0.15) is 0 Å². The second-order valence-corrected chi connectivity index (χ2v) is 8.37. The van der Waals surface area contributed by atoms with E-state index in [9.17, 15) is 9.59 Å². The van der Waals surface area contributed by atoms with Crippen LogP contribution in [0.1, 0.15) is 26.3 Å². The topological polar surface area (TPSA) is 76.9 Å². The van der Waals surface area contributed by atoms with E-state index in [1.165, 1.54) is 11.8 Å². The molecule has 0 aliphatic heterocycles. The molecular formula is C21H24N4O2S. The van der Waals surface area contributed by atoms with Crippen LogP contribution in [0.5, 0.6) is 0 Å². The van der Waals surface area contributed by atoms with Crippen molar-refractivity contribution >= 4 is 28.6 Å². The molecule has 3 aromatic rings. The van der Waals surface area contributed by atoms with Gasteiger partial charge >= 0.3 is 0 Å². The van der Waals surface area contributed by atoms with Crippen molar-refractivity contribution in [2.24, 2.45) is 5.92 Å². The van der Waals surface area contributed by atoms with Crippen LogP contribution < -0.4 is 10.9 Å². The molecule has 0 bridgehead atoms. The van der Waals surface area contributed by atoms with Gasteiger partial charge in [-0.25, -0.2) is 4.98 Å². The van der Waals surface area contributed by atoms with Gasteiger partial charge in [0.05, 0.1) is 22.7 Å². The predicted octanol–water partition coefficient (Wildman–Crippen LogP) is 3.09. The number of hydrogen-bond donors (Lipinski definition) is 1. The molecule has 28 heavy (non-hydrogen) atoms. The van der Waals surface area contributed by atoms with Crippen LogP contribution in [0.15, 0.2) is 58.7 Å². The molecule has 7 heteroatoms. The number of thioether (sulfide) groups is 1. The van der Waals surface area contributed by atoms with Crippen LogP contribution in [-0.4, -0.2) is 32.2 Å². The Balaban J connectivity index is 1.96. The number of rotatable bonds is 7. The summed E-state index contributed by atoms with van der Waals surface area (Å²) < 4.78 is 1.62. The van der Waals surface area contributed by atoms with E-state index in [4.69, 9.17) is 0 Å². The quantitative estimate of drug-likeness (QED) is 0.491. The lowest BCUT2D eigenvalue weighted by molar-refractivity contribution is -0.120. The molecule has 3 rings (SSSR count). The third-order valence-corrected chi connectivity index (χ3v) is 5.32. The van der Waals surface area contributed by atoms with Crippen LogP contribution in [0.4, 0.5) is 0 Å². The minimum atomic E-state index is -0.369. The van der Waals surface area contributed by atoms with Gasteiger partial charge in [-0.15, -0.1) is 0 Å². The SMILES string of the molecule is CC(C)CNC(=O)C(C)Sc1nc2ccccc2c(=O)n1Cc1cccnc1. The van der Waals surface area contributed by atoms with Crippen molar-refractivity contribution in [3.05, 3.63) is 64.7 Å². The predicted molar refractivity (Wildman–Crippen MR) is 113 cm³/mol. The molecule has 1 aromatic carbocycles. The summed E-state index contributed by atoms with van der Waals surface area (Å²) in [5.41, 5.74) is 1.42. The average molecular weight is 397 g/mol. The van der Waals surface area contributed by atoms with Crippen molar-refractivity contribution in [2.75, 3.05) is 6.54 Å². The molecule has 146 valence electrons. The van der Waals surface area contributed by atoms with E-state index in [2.05, 4.69) is 29.1 Å². The fourth-order valence-electron chi connectivity index (χ4n) is 2.71. The van der Waals surface area contributed by atoms with E-state index in [0.717, 1.165) is 5.56 Å². The number of fused-ring (bicyclic) bond motifs is 1. The van der Waals surface area contributed by atoms with E-state index in [1.807, 2.05) is 37.3 Å². The Morgan fingerprint density at radius 2 is 1.96 bits per heavy atom. The van der Waals surface area contributed by atoms with E-state index >= 15 is 0 Å². The highest BCUT2D eigenvalue weighted by atomic mass is 32.2. The van der Waals surface area contributed by atoms with E-state index in [1.54, 1.807) is 23.0 Å². The zero-order valence-corrected chi connectivity index (χ0v) is 17.1. The summed E-state index contributed by atoms with van der Waals surface area (Å²) in [4.78, 5) is 34.3. The zero-order chi connectivity index (χ0) is 20.1. The number of para-hydroxylation sites is 1. The number of hydrogen-bond acceptors (Lipinski definition) is 5. The van der Waals surface area contributed by atoms with Gasteiger partial charge in [0.1, 0.15) is 0 Å². The van der Waals surface area contributed by atoms with Crippen molar-refractivity contribution in [1.29, 1.82) is 0 Å². The first kappa shape index (κ1) is 20.1. The second-order valence-electron chi connectivity index (χ2n) is 7.06. The molecule has 0 aliphatic rings. The van der Waals surface area contributed by atoms with Gasteiger partial charge in [0.25, 0.3) is 5.56 Å². The first-order chi connectivity index (χ1) is 13.5. The molecule has 0 saturated carbocycles. The largest absolute Gasteiger partial charge is 0.355 e. The average Bonchev–Trinajstić information content (AvgIpc) is 2.69. The standard InChI is InChI=1S/C21H24N4O2S/c1-14(2)11-23-19(26)15(3)28-21-24-18-9-5-4-8-17(18)20(27)25(21)13-16-7-6-10-22-12-16/h4-10,12,14-15H,11,13H2,1-3H3,(H,23,26). The van der Waals surface area contributed by atoms with Gasteiger partial charge in [-0.05, 0) is 36.6 Å². The minimum Gasteiger partial charge on any atom is -0.355 e. The fraction of sp³-hybridized carbons (Fsp3) is 0.333. The number of amides is 1. The Hall–Kier alpha value is -2.67. The number of aromatic nitrogens is 3. The lowest BCUT2D eigenvalue weighted by Crippen LogP contribution is -2.34. The maximum atomic E-state index is 13.1. The Bertz CT molecular complexity index is 1020. The van der Waals surface area contributed by atoms with Gasteiger partial charge in [-0.3, -0.25) is 19.1 Å². The smallest absolute Gasteiger partial charge is 0.262 e. The van der Waals surface area contributed by atoms with Crippen molar-refractivity contribution in [3.63, 3.8) is 0 Å². The summed E-state index contributed by atoms with van der Waals surface area (Å²) in [5.74, 6) is 0.317. The summed E-state index contributed by atoms with van der Waals surface area (Å²) in [5, 5.41) is 3.66. The van der Waals surface area contributed by atoms with Gasteiger partial charge in [-0.1, -0.05) is 43.8 Å². The number of pyridine rings is 1. The highest BCUT2D eigenvalue weighted by molar-refractivity contribution is 8.00. The lowest BCUT2D eigenvalue weighted by Gasteiger charge is -2.17. The van der Waals surface area contributed by atoms with Gasteiger partial charge in [0.15, 0.2) is 5.16 Å². The molecule has 2 heterocycles. The van der Waals surface area contributed by atoms with Crippen LogP contribution in [0.3, 0.4) is 0 Å². The zero-order valence-electron chi connectivity index (χ0n) is 16.3. The molecule has 1 unspecified atom stereocenters. The van der Waals surface area contributed by atoms with Crippen LogP contribution in [0, 0.1) is 5.92 Å². The summed E-state index contributed by atoms with van der Waals surface area (Å²) in [6.07, 6.45) is 3.43. The molecule has 2 aromatic heterocycles. The van der Waals surface area contributed by atoms with Crippen LogP contribution in [-0.2, 0) is 11.3 Å². The number of carbonyl (C=O) groups is 1. The lowest BCUT2D eigenvalue weighted by atomic mass is 10.2. The molecule has 6 nitrogen and oxygen atoms in total. The van der Waals surface area contributed by atoms with Gasteiger partial charge < -0.3 is 5.32 Å². The highest BCUT2D eigenvalue weighted by Gasteiger charge is 2.19. The Morgan fingerprint density at radius 3 is 2.68 bits per heavy atom. The van der Waals surface area contributed by atoms with Crippen LogP contribution in [0.25, 0.3) is 10.9 Å². The molecule has 0 fully saturated rings. The summed E-state index contributed by atoms with van der Waals surface area (Å²) in [6, 6.07) is 11.0. The van der Waals surface area contributed by atoms with Crippen molar-refractivity contribution in [2.45, 2.75) is 37.7 Å². The Kier molecular flexibility index (Phi) is 6.46. The summed E-state index contributed by atoms with van der Waals surface area (Å²) in [7, 11) is 0. The second kappa shape index (κ2) is 9.01. The molecule has 0 radical (unpaired) electrons. The molecule has 0 spiro atoms. The van der Waals surface area contributed by atoms with E-state index in [0.29, 0.717) is 35.1 Å². The molecule has 1 amide bonds. The maximum Gasteiger partial charge on any atom is 0.262 e. The number of nitrogens with one attached hydrogen (secondary N) is 1. The normalized spacial score (nSPS) is 12.3. The van der Waals surface area contributed by atoms with Crippen LogP contribution >= 0.6 is 11.8 Å². The minimum absolute atomic E-state index is 0.0611. The number of nitrogens with zero attached hydrogens (tertiary/aromatic N) is 3.